The first-order valence-corrected chi connectivity index (χ1v) is 9.79. The number of aromatic nitrogens is 4. The minimum atomic E-state index is -0.225. The maximum absolute atomic E-state index is 13.5. The molecule has 1 aromatic carbocycles. The second-order valence-corrected chi connectivity index (χ2v) is 6.98. The van der Waals surface area contributed by atoms with Gasteiger partial charge in [0.15, 0.2) is 5.96 Å². The standard InChI is InChI=1S/C22H24FN7/c1-15-25-9-10-30(15)21-6-3-16(12-28-21)13-29-22(24-2)26-8-7-17-14-27-20-5-4-18(23)11-19(17)20/h3-6,9-12,14,27H,7-8,13H2,1-2H3,(H2,24,26,29). The molecule has 30 heavy (non-hydrogen) atoms. The number of halogens is 1. The van der Waals surface area contributed by atoms with Crippen molar-refractivity contribution in [2.45, 2.75) is 19.9 Å². The Labute approximate surface area is 174 Å². The molecule has 3 heterocycles. The molecule has 0 bridgehead atoms. The molecule has 4 aromatic rings. The van der Waals surface area contributed by atoms with Gasteiger partial charge in [-0.05, 0) is 48.7 Å². The second kappa shape index (κ2) is 8.77. The summed E-state index contributed by atoms with van der Waals surface area (Å²) in [5.74, 6) is 2.22. The maximum Gasteiger partial charge on any atom is 0.191 e. The molecular weight excluding hydrogens is 381 g/mol. The van der Waals surface area contributed by atoms with E-state index in [1.807, 2.05) is 42.2 Å². The van der Waals surface area contributed by atoms with E-state index in [4.69, 9.17) is 0 Å². The molecule has 0 fully saturated rings. The van der Waals surface area contributed by atoms with Crippen LogP contribution in [0.25, 0.3) is 16.7 Å². The predicted octanol–water partition coefficient (Wildman–Crippen LogP) is 3.10. The topological polar surface area (TPSA) is 82.9 Å². The molecule has 3 N–H and O–H groups in total. The van der Waals surface area contributed by atoms with Crippen LogP contribution in [-0.4, -0.2) is 39.1 Å². The zero-order chi connectivity index (χ0) is 20.9. The number of guanidine groups is 1. The van der Waals surface area contributed by atoms with Gasteiger partial charge >= 0.3 is 0 Å². The van der Waals surface area contributed by atoms with Gasteiger partial charge in [-0.3, -0.25) is 9.56 Å². The fourth-order valence-electron chi connectivity index (χ4n) is 3.36. The van der Waals surface area contributed by atoms with Crippen molar-refractivity contribution >= 4 is 16.9 Å². The van der Waals surface area contributed by atoms with Crippen LogP contribution < -0.4 is 10.6 Å². The van der Waals surface area contributed by atoms with Gasteiger partial charge in [-0.1, -0.05) is 6.07 Å². The summed E-state index contributed by atoms with van der Waals surface area (Å²) in [6.45, 7) is 3.23. The molecule has 7 nitrogen and oxygen atoms in total. The predicted molar refractivity (Wildman–Crippen MR) is 116 cm³/mol. The molecule has 0 saturated carbocycles. The normalized spacial score (nSPS) is 11.8. The largest absolute Gasteiger partial charge is 0.361 e. The zero-order valence-corrected chi connectivity index (χ0v) is 17.0. The third-order valence-electron chi connectivity index (χ3n) is 4.98. The number of nitrogens with one attached hydrogen (secondary N) is 3. The van der Waals surface area contributed by atoms with Gasteiger partial charge in [-0.15, -0.1) is 0 Å². The van der Waals surface area contributed by atoms with Crippen LogP contribution in [-0.2, 0) is 13.0 Å². The molecule has 154 valence electrons. The minimum Gasteiger partial charge on any atom is -0.361 e. The van der Waals surface area contributed by atoms with Gasteiger partial charge in [-0.2, -0.15) is 0 Å². The zero-order valence-electron chi connectivity index (χ0n) is 17.0. The molecule has 0 unspecified atom stereocenters. The number of fused-ring (bicyclic) bond motifs is 1. The number of H-pyrrole nitrogens is 1. The molecule has 0 saturated heterocycles. The summed E-state index contributed by atoms with van der Waals surface area (Å²) in [5.41, 5.74) is 3.06. The number of hydrogen-bond donors (Lipinski definition) is 3. The first-order chi connectivity index (χ1) is 14.6. The monoisotopic (exact) mass is 405 g/mol. The summed E-state index contributed by atoms with van der Waals surface area (Å²) < 4.78 is 15.5. The van der Waals surface area contributed by atoms with E-state index in [1.54, 1.807) is 25.4 Å². The lowest BCUT2D eigenvalue weighted by Gasteiger charge is -2.12. The molecule has 8 heteroatoms. The lowest BCUT2D eigenvalue weighted by molar-refractivity contribution is 0.629. The number of aromatic amines is 1. The molecule has 0 amide bonds. The summed E-state index contributed by atoms with van der Waals surface area (Å²) in [5, 5.41) is 7.50. The molecule has 0 aliphatic heterocycles. The summed E-state index contributed by atoms with van der Waals surface area (Å²) in [7, 11) is 1.74. The Morgan fingerprint density at radius 3 is 2.83 bits per heavy atom. The van der Waals surface area contributed by atoms with Crippen LogP contribution in [0.4, 0.5) is 4.39 Å². The summed E-state index contributed by atoms with van der Waals surface area (Å²) in [4.78, 5) is 16.2. The van der Waals surface area contributed by atoms with E-state index < -0.39 is 0 Å². The van der Waals surface area contributed by atoms with Crippen LogP contribution in [0.3, 0.4) is 0 Å². The van der Waals surface area contributed by atoms with Gasteiger partial charge in [0.2, 0.25) is 0 Å². The molecular formula is C22H24FN7. The highest BCUT2D eigenvalue weighted by Crippen LogP contribution is 2.19. The Hall–Kier alpha value is -3.68. The van der Waals surface area contributed by atoms with E-state index in [9.17, 15) is 4.39 Å². The van der Waals surface area contributed by atoms with Crippen molar-refractivity contribution in [2.75, 3.05) is 13.6 Å². The van der Waals surface area contributed by atoms with Crippen molar-refractivity contribution in [3.05, 3.63) is 77.9 Å². The Morgan fingerprint density at radius 1 is 1.20 bits per heavy atom. The summed E-state index contributed by atoms with van der Waals surface area (Å²) in [6.07, 6.45) is 8.18. The van der Waals surface area contributed by atoms with Gasteiger partial charge in [0.1, 0.15) is 17.5 Å². The second-order valence-electron chi connectivity index (χ2n) is 6.98. The quantitative estimate of drug-likeness (QED) is 0.340. The summed E-state index contributed by atoms with van der Waals surface area (Å²) >= 11 is 0. The number of aliphatic imine (C=N–C) groups is 1. The van der Waals surface area contributed by atoms with Gasteiger partial charge in [-0.25, -0.2) is 14.4 Å². The fourth-order valence-corrected chi connectivity index (χ4v) is 3.36. The first-order valence-electron chi connectivity index (χ1n) is 9.79. The minimum absolute atomic E-state index is 0.225. The van der Waals surface area contributed by atoms with Crippen molar-refractivity contribution in [3.63, 3.8) is 0 Å². The number of rotatable bonds is 6. The van der Waals surface area contributed by atoms with Crippen LogP contribution in [0.1, 0.15) is 17.0 Å². The van der Waals surface area contributed by atoms with Gasteiger partial charge < -0.3 is 15.6 Å². The van der Waals surface area contributed by atoms with Crippen molar-refractivity contribution in [1.82, 2.24) is 30.2 Å². The maximum atomic E-state index is 13.5. The number of hydrogen-bond acceptors (Lipinski definition) is 3. The van der Waals surface area contributed by atoms with Crippen molar-refractivity contribution in [1.29, 1.82) is 0 Å². The van der Waals surface area contributed by atoms with Crippen LogP contribution >= 0.6 is 0 Å². The number of benzene rings is 1. The number of nitrogens with zero attached hydrogens (tertiary/aromatic N) is 4. The molecule has 0 radical (unpaired) electrons. The molecule has 3 aromatic heterocycles. The third-order valence-corrected chi connectivity index (χ3v) is 4.98. The molecule has 0 spiro atoms. The van der Waals surface area contributed by atoms with Crippen LogP contribution in [0, 0.1) is 12.7 Å². The average Bonchev–Trinajstić information content (AvgIpc) is 3.37. The van der Waals surface area contributed by atoms with E-state index in [2.05, 4.69) is 30.6 Å². The highest BCUT2D eigenvalue weighted by Gasteiger charge is 2.06. The van der Waals surface area contributed by atoms with Crippen molar-refractivity contribution in [2.24, 2.45) is 4.99 Å². The van der Waals surface area contributed by atoms with Crippen LogP contribution in [0.5, 0.6) is 0 Å². The number of imidazole rings is 1. The average molecular weight is 405 g/mol. The lowest BCUT2D eigenvalue weighted by atomic mass is 10.1. The van der Waals surface area contributed by atoms with Crippen molar-refractivity contribution < 1.29 is 4.39 Å². The lowest BCUT2D eigenvalue weighted by Crippen LogP contribution is -2.37. The Kier molecular flexibility index (Phi) is 5.74. The molecule has 0 atom stereocenters. The van der Waals surface area contributed by atoms with Crippen molar-refractivity contribution in [3.8, 4) is 5.82 Å². The fraction of sp³-hybridized carbons (Fsp3) is 0.227. The number of pyridine rings is 1. The van der Waals surface area contributed by atoms with Crippen LogP contribution in [0.15, 0.2) is 60.1 Å². The highest BCUT2D eigenvalue weighted by molar-refractivity contribution is 5.83. The Bertz CT molecular complexity index is 1160. The highest BCUT2D eigenvalue weighted by atomic mass is 19.1. The third kappa shape index (κ3) is 4.32. The van der Waals surface area contributed by atoms with E-state index >= 15 is 0 Å². The van der Waals surface area contributed by atoms with E-state index in [0.717, 1.165) is 40.1 Å². The van der Waals surface area contributed by atoms with E-state index in [-0.39, 0.29) is 5.82 Å². The Balaban J connectivity index is 1.30. The Morgan fingerprint density at radius 2 is 2.10 bits per heavy atom. The molecule has 0 aliphatic carbocycles. The van der Waals surface area contributed by atoms with Crippen LogP contribution in [0.2, 0.25) is 0 Å². The number of aryl methyl sites for hydroxylation is 1. The summed E-state index contributed by atoms with van der Waals surface area (Å²) in [6, 6.07) is 8.79. The van der Waals surface area contributed by atoms with E-state index in [0.29, 0.717) is 19.0 Å². The molecule has 0 aliphatic rings. The SMILES string of the molecule is CN=C(NCCc1c[nH]c2ccc(F)cc12)NCc1ccc(-n2ccnc2C)nc1. The van der Waals surface area contributed by atoms with Gasteiger partial charge in [0, 0.05) is 55.8 Å². The first kappa shape index (κ1) is 19.6. The molecule has 4 rings (SSSR count). The van der Waals surface area contributed by atoms with E-state index in [1.165, 1.54) is 6.07 Å². The smallest absolute Gasteiger partial charge is 0.191 e. The van der Waals surface area contributed by atoms with Gasteiger partial charge in [0.05, 0.1) is 0 Å². The van der Waals surface area contributed by atoms with Gasteiger partial charge in [0.25, 0.3) is 0 Å².